The van der Waals surface area contributed by atoms with Gasteiger partial charge in [0.25, 0.3) is 0 Å². The molecule has 2 amide bonds. The van der Waals surface area contributed by atoms with Crippen molar-refractivity contribution >= 4 is 34.8 Å². The first kappa shape index (κ1) is 21.0. The van der Waals surface area contributed by atoms with Crippen molar-refractivity contribution in [2.75, 3.05) is 23.9 Å². The SMILES string of the molecule is COc1ccc(NC(=O)[C@H]2CC(=O)N(c3ccc(Cl)cc3)C2)c(-n2c(C)ccc2C)c1. The van der Waals surface area contributed by atoms with Crippen LogP contribution < -0.4 is 15.0 Å². The Kier molecular flexibility index (Phi) is 5.74. The lowest BCUT2D eigenvalue weighted by Gasteiger charge is -2.19. The molecule has 1 saturated heterocycles. The van der Waals surface area contributed by atoms with Gasteiger partial charge in [0.2, 0.25) is 11.8 Å². The smallest absolute Gasteiger partial charge is 0.229 e. The highest BCUT2D eigenvalue weighted by Gasteiger charge is 2.35. The number of anilines is 2. The van der Waals surface area contributed by atoms with Gasteiger partial charge in [-0.2, -0.15) is 0 Å². The first-order valence-corrected chi connectivity index (χ1v) is 10.5. The van der Waals surface area contributed by atoms with Crippen molar-refractivity contribution in [2.45, 2.75) is 20.3 Å². The minimum atomic E-state index is -0.440. The molecule has 0 aliphatic carbocycles. The Morgan fingerprint density at radius 3 is 2.39 bits per heavy atom. The fourth-order valence-electron chi connectivity index (χ4n) is 3.97. The molecular formula is C24H24ClN3O3. The minimum Gasteiger partial charge on any atom is -0.497 e. The van der Waals surface area contributed by atoms with E-state index in [1.807, 2.05) is 44.2 Å². The predicted molar refractivity (Wildman–Crippen MR) is 122 cm³/mol. The van der Waals surface area contributed by atoms with Crippen LogP contribution in [0.2, 0.25) is 5.02 Å². The third-order valence-corrected chi connectivity index (χ3v) is 5.86. The summed E-state index contributed by atoms with van der Waals surface area (Å²) in [5.41, 5.74) is 4.34. The molecule has 6 nitrogen and oxygen atoms in total. The molecular weight excluding hydrogens is 414 g/mol. The molecule has 0 unspecified atom stereocenters. The number of methoxy groups -OCH3 is 1. The van der Waals surface area contributed by atoms with Gasteiger partial charge in [-0.3, -0.25) is 9.59 Å². The van der Waals surface area contributed by atoms with Crippen LogP contribution in [0.25, 0.3) is 5.69 Å². The average molecular weight is 438 g/mol. The Balaban J connectivity index is 1.58. The van der Waals surface area contributed by atoms with Crippen LogP contribution in [0.15, 0.2) is 54.6 Å². The lowest BCUT2D eigenvalue weighted by molar-refractivity contribution is -0.122. The van der Waals surface area contributed by atoms with Crippen LogP contribution in [0.1, 0.15) is 17.8 Å². The molecule has 160 valence electrons. The Hall–Kier alpha value is -3.25. The van der Waals surface area contributed by atoms with Crippen molar-refractivity contribution in [3.05, 3.63) is 71.0 Å². The maximum absolute atomic E-state index is 13.1. The van der Waals surface area contributed by atoms with Crippen molar-refractivity contribution in [1.29, 1.82) is 0 Å². The molecule has 1 aliphatic heterocycles. The number of nitrogens with one attached hydrogen (secondary N) is 1. The summed E-state index contributed by atoms with van der Waals surface area (Å²) in [5.74, 6) is 0.00339. The fourth-order valence-corrected chi connectivity index (χ4v) is 4.09. The average Bonchev–Trinajstić information content (AvgIpc) is 3.31. The van der Waals surface area contributed by atoms with Crippen LogP contribution in [0.3, 0.4) is 0 Å². The van der Waals surface area contributed by atoms with E-state index in [1.165, 1.54) is 0 Å². The molecule has 1 N–H and O–H groups in total. The topological polar surface area (TPSA) is 63.6 Å². The largest absolute Gasteiger partial charge is 0.497 e. The van der Waals surface area contributed by atoms with Gasteiger partial charge in [0.05, 0.1) is 24.4 Å². The van der Waals surface area contributed by atoms with Gasteiger partial charge in [-0.1, -0.05) is 11.6 Å². The monoisotopic (exact) mass is 437 g/mol. The van der Waals surface area contributed by atoms with Crippen LogP contribution >= 0.6 is 11.6 Å². The molecule has 4 rings (SSSR count). The second-order valence-corrected chi connectivity index (χ2v) is 8.14. The summed E-state index contributed by atoms with van der Waals surface area (Å²) in [5, 5.41) is 3.64. The zero-order valence-electron chi connectivity index (χ0n) is 17.7. The van der Waals surface area contributed by atoms with E-state index in [0.29, 0.717) is 23.0 Å². The molecule has 1 atom stereocenters. The number of aromatic nitrogens is 1. The normalized spacial score (nSPS) is 15.9. The van der Waals surface area contributed by atoms with Gasteiger partial charge in [0, 0.05) is 41.1 Å². The number of aryl methyl sites for hydroxylation is 2. The molecule has 3 aromatic rings. The van der Waals surface area contributed by atoms with Crippen molar-refractivity contribution in [2.24, 2.45) is 5.92 Å². The molecule has 1 aliphatic rings. The van der Waals surface area contributed by atoms with Gasteiger partial charge in [-0.25, -0.2) is 0 Å². The maximum Gasteiger partial charge on any atom is 0.229 e. The highest BCUT2D eigenvalue weighted by Crippen LogP contribution is 2.31. The Bertz CT molecular complexity index is 1120. The van der Waals surface area contributed by atoms with Gasteiger partial charge in [-0.05, 0) is 62.4 Å². The molecule has 1 aromatic heterocycles. The number of hydrogen-bond acceptors (Lipinski definition) is 3. The van der Waals surface area contributed by atoms with Crippen LogP contribution in [0, 0.1) is 19.8 Å². The molecule has 0 radical (unpaired) electrons. The van der Waals surface area contributed by atoms with E-state index in [2.05, 4.69) is 9.88 Å². The van der Waals surface area contributed by atoms with E-state index < -0.39 is 5.92 Å². The van der Waals surface area contributed by atoms with E-state index in [0.717, 1.165) is 22.8 Å². The first-order chi connectivity index (χ1) is 14.9. The minimum absolute atomic E-state index is 0.0745. The van der Waals surface area contributed by atoms with Crippen LogP contribution in [0.4, 0.5) is 11.4 Å². The molecule has 1 fully saturated rings. The van der Waals surface area contributed by atoms with Gasteiger partial charge >= 0.3 is 0 Å². The zero-order chi connectivity index (χ0) is 22.1. The molecule has 2 heterocycles. The van der Waals surface area contributed by atoms with Gasteiger partial charge < -0.3 is 19.5 Å². The molecule has 0 bridgehead atoms. The summed E-state index contributed by atoms with van der Waals surface area (Å²) in [4.78, 5) is 27.3. The quantitative estimate of drug-likeness (QED) is 0.626. The third-order valence-electron chi connectivity index (χ3n) is 5.61. The number of amides is 2. The summed E-state index contributed by atoms with van der Waals surface area (Å²) < 4.78 is 7.46. The molecule has 0 saturated carbocycles. The van der Waals surface area contributed by atoms with Crippen molar-refractivity contribution < 1.29 is 14.3 Å². The molecule has 2 aromatic carbocycles. The first-order valence-electron chi connectivity index (χ1n) is 10.1. The lowest BCUT2D eigenvalue weighted by atomic mass is 10.1. The highest BCUT2D eigenvalue weighted by atomic mass is 35.5. The van der Waals surface area contributed by atoms with Crippen LogP contribution in [-0.4, -0.2) is 30.0 Å². The Morgan fingerprint density at radius 1 is 1.06 bits per heavy atom. The third kappa shape index (κ3) is 4.16. The van der Waals surface area contributed by atoms with E-state index in [9.17, 15) is 9.59 Å². The number of benzene rings is 2. The number of carbonyl (C=O) groups is 2. The van der Waals surface area contributed by atoms with Gasteiger partial charge in [0.1, 0.15) is 5.75 Å². The van der Waals surface area contributed by atoms with Crippen LogP contribution in [0.5, 0.6) is 5.75 Å². The summed E-state index contributed by atoms with van der Waals surface area (Å²) in [6.45, 7) is 4.36. The van der Waals surface area contributed by atoms with E-state index >= 15 is 0 Å². The number of carbonyl (C=O) groups excluding carboxylic acids is 2. The number of ether oxygens (including phenoxy) is 1. The summed E-state index contributed by atoms with van der Waals surface area (Å²) >= 11 is 5.95. The van der Waals surface area contributed by atoms with Crippen LogP contribution in [-0.2, 0) is 9.59 Å². The van der Waals surface area contributed by atoms with E-state index in [1.54, 1.807) is 36.3 Å². The van der Waals surface area contributed by atoms with E-state index in [4.69, 9.17) is 16.3 Å². The van der Waals surface area contributed by atoms with E-state index in [-0.39, 0.29) is 18.2 Å². The Labute approximate surface area is 186 Å². The number of halogens is 1. The van der Waals surface area contributed by atoms with Crippen molar-refractivity contribution in [1.82, 2.24) is 4.57 Å². The Morgan fingerprint density at radius 2 is 1.74 bits per heavy atom. The number of rotatable bonds is 5. The molecule has 31 heavy (non-hydrogen) atoms. The van der Waals surface area contributed by atoms with Gasteiger partial charge in [-0.15, -0.1) is 0 Å². The number of hydrogen-bond donors (Lipinski definition) is 1. The summed E-state index contributed by atoms with van der Waals surface area (Å²) in [6, 6.07) is 16.7. The van der Waals surface area contributed by atoms with Crippen molar-refractivity contribution in [3.63, 3.8) is 0 Å². The standard InChI is InChI=1S/C24H24ClN3O3/c1-15-4-5-16(2)28(15)22-13-20(31-3)10-11-21(22)26-24(30)17-12-23(29)27(14-17)19-8-6-18(25)7-9-19/h4-11,13,17H,12,14H2,1-3H3,(H,26,30)/t17-/m0/s1. The zero-order valence-corrected chi connectivity index (χ0v) is 18.4. The molecule has 7 heteroatoms. The van der Waals surface area contributed by atoms with Crippen molar-refractivity contribution in [3.8, 4) is 11.4 Å². The maximum atomic E-state index is 13.1. The van der Waals surface area contributed by atoms with Gasteiger partial charge in [0.15, 0.2) is 0 Å². The molecule has 0 spiro atoms. The predicted octanol–water partition coefficient (Wildman–Crippen LogP) is 4.75. The summed E-state index contributed by atoms with van der Waals surface area (Å²) in [7, 11) is 1.61. The summed E-state index contributed by atoms with van der Waals surface area (Å²) in [6.07, 6.45) is 0.168. The second kappa shape index (κ2) is 8.47. The number of nitrogens with zero attached hydrogens (tertiary/aromatic N) is 2. The lowest BCUT2D eigenvalue weighted by Crippen LogP contribution is -2.28. The second-order valence-electron chi connectivity index (χ2n) is 7.71. The fraction of sp³-hybridized carbons (Fsp3) is 0.250. The highest BCUT2D eigenvalue weighted by molar-refractivity contribution is 6.30.